The average Bonchev–Trinajstić information content (AvgIpc) is 2.84. The summed E-state index contributed by atoms with van der Waals surface area (Å²) in [5.74, 6) is -2.50. The first-order valence-corrected chi connectivity index (χ1v) is 7.96. The van der Waals surface area contributed by atoms with Crippen molar-refractivity contribution in [3.63, 3.8) is 0 Å². The molecule has 0 amide bonds. The van der Waals surface area contributed by atoms with E-state index in [1.165, 1.54) is 20.8 Å². The summed E-state index contributed by atoms with van der Waals surface area (Å²) in [4.78, 5) is 11.8. The van der Waals surface area contributed by atoms with Crippen LogP contribution in [0.1, 0.15) is 38.3 Å². The molecular weight excluding hydrogens is 360 g/mol. The van der Waals surface area contributed by atoms with Crippen molar-refractivity contribution in [1.29, 1.82) is 0 Å². The van der Waals surface area contributed by atoms with Crippen LogP contribution in [0.2, 0.25) is 0 Å². The molecule has 9 heteroatoms. The normalized spacial score (nSPS) is 19.5. The molecule has 1 aliphatic rings. The van der Waals surface area contributed by atoms with Crippen LogP contribution < -0.4 is 4.74 Å². The molecule has 26 heavy (non-hydrogen) atoms. The predicted molar refractivity (Wildman–Crippen MR) is 82.0 cm³/mol. The minimum atomic E-state index is -5.30. The first kappa shape index (κ1) is 20.4. The van der Waals surface area contributed by atoms with E-state index in [0.717, 1.165) is 12.1 Å². The molecule has 2 unspecified atom stereocenters. The Bertz CT molecular complexity index is 701. The summed E-state index contributed by atoms with van der Waals surface area (Å²) in [6.45, 7) is 3.59. The van der Waals surface area contributed by atoms with Crippen LogP contribution in [0.5, 0.6) is 5.75 Å². The number of fused-ring (bicyclic) bond motifs is 1. The number of carbonyl (C=O) groups excluding carboxylic acids is 1. The summed E-state index contributed by atoms with van der Waals surface area (Å²) < 4.78 is 63.8. The topological polar surface area (TPSA) is 76.0 Å². The van der Waals surface area contributed by atoms with Crippen molar-refractivity contribution in [2.75, 3.05) is 6.61 Å². The molecule has 1 aromatic rings. The smallest absolute Gasteiger partial charge is 0.428 e. The zero-order valence-electron chi connectivity index (χ0n) is 14.5. The van der Waals surface area contributed by atoms with Crippen molar-refractivity contribution in [3.8, 4) is 5.75 Å². The summed E-state index contributed by atoms with van der Waals surface area (Å²) in [6.07, 6.45) is -7.67. The van der Waals surface area contributed by atoms with Gasteiger partial charge in [0, 0.05) is 24.0 Å². The Kier molecular flexibility index (Phi) is 5.26. The van der Waals surface area contributed by atoms with E-state index >= 15 is 0 Å². The van der Waals surface area contributed by atoms with Crippen molar-refractivity contribution in [1.82, 2.24) is 0 Å². The van der Waals surface area contributed by atoms with E-state index < -0.39 is 41.7 Å². The minimum Gasteiger partial charge on any atom is -0.464 e. The Morgan fingerprint density at radius 3 is 2.50 bits per heavy atom. The zero-order chi connectivity index (χ0) is 19.9. The molecule has 0 spiro atoms. The predicted octanol–water partition coefficient (Wildman–Crippen LogP) is 2.60. The number of hydrogen-bond acceptors (Lipinski definition) is 5. The van der Waals surface area contributed by atoms with Gasteiger partial charge in [-0.3, -0.25) is 0 Å². The van der Waals surface area contributed by atoms with Crippen molar-refractivity contribution < 1.29 is 42.0 Å². The molecule has 1 aliphatic heterocycles. The van der Waals surface area contributed by atoms with Gasteiger partial charge in [0.25, 0.3) is 5.60 Å². The molecule has 146 valence electrons. The van der Waals surface area contributed by atoms with Gasteiger partial charge in [0.1, 0.15) is 11.6 Å². The SMILES string of the molecule is CCOC(=O)C(O)(CC(C)(C)c1cc(F)cc2c1OC(O)C2)C(F)(F)F. The maximum atomic E-state index is 13.9. The van der Waals surface area contributed by atoms with Gasteiger partial charge in [0.15, 0.2) is 0 Å². The molecule has 1 aromatic carbocycles. The largest absolute Gasteiger partial charge is 0.464 e. The van der Waals surface area contributed by atoms with Gasteiger partial charge in [-0.2, -0.15) is 13.2 Å². The molecule has 0 radical (unpaired) electrons. The van der Waals surface area contributed by atoms with Gasteiger partial charge in [0.05, 0.1) is 6.61 Å². The second kappa shape index (κ2) is 6.70. The van der Waals surface area contributed by atoms with Gasteiger partial charge in [-0.1, -0.05) is 13.8 Å². The zero-order valence-corrected chi connectivity index (χ0v) is 14.5. The standard InChI is InChI=1S/C17H20F4O5/c1-4-25-14(23)16(24,17(19,20)21)8-15(2,3)11-7-10(18)5-9-6-12(22)26-13(9)11/h5,7,12,22,24H,4,6,8H2,1-3H3. The van der Waals surface area contributed by atoms with Crippen molar-refractivity contribution in [2.45, 2.75) is 57.1 Å². The molecule has 0 aromatic heterocycles. The van der Waals surface area contributed by atoms with Gasteiger partial charge in [-0.15, -0.1) is 0 Å². The third kappa shape index (κ3) is 3.64. The highest BCUT2D eigenvalue weighted by atomic mass is 19.4. The Morgan fingerprint density at radius 1 is 1.35 bits per heavy atom. The van der Waals surface area contributed by atoms with E-state index in [1.54, 1.807) is 0 Å². The highest BCUT2D eigenvalue weighted by molar-refractivity contribution is 5.80. The number of aliphatic hydroxyl groups excluding tert-OH is 1. The fourth-order valence-electron chi connectivity index (χ4n) is 3.08. The van der Waals surface area contributed by atoms with Gasteiger partial charge >= 0.3 is 12.1 Å². The number of aliphatic hydroxyl groups is 2. The minimum absolute atomic E-state index is 0.0102. The third-order valence-electron chi connectivity index (χ3n) is 4.29. The molecule has 1 heterocycles. The average molecular weight is 380 g/mol. The van der Waals surface area contributed by atoms with Crippen LogP contribution in [-0.4, -0.2) is 40.9 Å². The van der Waals surface area contributed by atoms with Crippen LogP contribution in [0, 0.1) is 5.82 Å². The lowest BCUT2D eigenvalue weighted by molar-refractivity contribution is -0.268. The molecule has 0 saturated carbocycles. The molecule has 0 fully saturated rings. The number of hydrogen-bond donors (Lipinski definition) is 2. The molecular formula is C17H20F4O5. The molecule has 2 rings (SSSR count). The van der Waals surface area contributed by atoms with Crippen molar-refractivity contribution in [3.05, 3.63) is 29.1 Å². The van der Waals surface area contributed by atoms with E-state index in [2.05, 4.69) is 4.74 Å². The molecule has 0 bridgehead atoms. The summed E-state index contributed by atoms with van der Waals surface area (Å²) in [6, 6.07) is 2.09. The number of rotatable bonds is 5. The second-order valence-electron chi connectivity index (χ2n) is 6.86. The Balaban J connectivity index is 2.49. The number of esters is 1. The third-order valence-corrected chi connectivity index (χ3v) is 4.29. The molecule has 2 atom stereocenters. The van der Waals surface area contributed by atoms with E-state index in [1.807, 2.05) is 0 Å². The van der Waals surface area contributed by atoms with Crippen LogP contribution in [0.25, 0.3) is 0 Å². The summed E-state index contributed by atoms with van der Waals surface area (Å²) in [5, 5.41) is 19.7. The first-order valence-electron chi connectivity index (χ1n) is 7.96. The molecule has 5 nitrogen and oxygen atoms in total. The first-order chi connectivity index (χ1) is 11.8. The molecule has 2 N–H and O–H groups in total. The Hall–Kier alpha value is -1.87. The maximum absolute atomic E-state index is 13.9. The molecule has 0 aliphatic carbocycles. The lowest BCUT2D eigenvalue weighted by atomic mass is 9.74. The molecule has 0 saturated heterocycles. The maximum Gasteiger partial charge on any atom is 0.428 e. The fraction of sp³-hybridized carbons (Fsp3) is 0.588. The number of benzene rings is 1. The van der Waals surface area contributed by atoms with Crippen LogP contribution >= 0.6 is 0 Å². The van der Waals surface area contributed by atoms with Crippen LogP contribution in [0.3, 0.4) is 0 Å². The van der Waals surface area contributed by atoms with Crippen LogP contribution in [-0.2, 0) is 21.4 Å². The lowest BCUT2D eigenvalue weighted by Gasteiger charge is -2.36. The number of halogens is 4. The van der Waals surface area contributed by atoms with Crippen molar-refractivity contribution in [2.24, 2.45) is 0 Å². The van der Waals surface area contributed by atoms with Gasteiger partial charge < -0.3 is 19.7 Å². The number of carbonyl (C=O) groups is 1. The van der Waals surface area contributed by atoms with Crippen LogP contribution in [0.4, 0.5) is 17.6 Å². The summed E-state index contributed by atoms with van der Waals surface area (Å²) >= 11 is 0. The Morgan fingerprint density at radius 2 is 1.96 bits per heavy atom. The highest BCUT2D eigenvalue weighted by Crippen LogP contribution is 2.46. The van der Waals surface area contributed by atoms with E-state index in [0.29, 0.717) is 5.56 Å². The van der Waals surface area contributed by atoms with Crippen LogP contribution in [0.15, 0.2) is 12.1 Å². The van der Waals surface area contributed by atoms with E-state index in [9.17, 15) is 32.6 Å². The Labute approximate surface area is 147 Å². The monoisotopic (exact) mass is 380 g/mol. The van der Waals surface area contributed by atoms with Gasteiger partial charge in [-0.25, -0.2) is 9.18 Å². The van der Waals surface area contributed by atoms with Gasteiger partial charge in [0.2, 0.25) is 6.29 Å². The number of ether oxygens (including phenoxy) is 2. The van der Waals surface area contributed by atoms with Gasteiger partial charge in [-0.05, 0) is 24.5 Å². The van der Waals surface area contributed by atoms with E-state index in [-0.39, 0.29) is 24.3 Å². The van der Waals surface area contributed by atoms with E-state index in [4.69, 9.17) is 4.74 Å². The fourth-order valence-corrected chi connectivity index (χ4v) is 3.08. The quantitative estimate of drug-likeness (QED) is 0.607. The summed E-state index contributed by atoms with van der Waals surface area (Å²) in [5.41, 5.74) is -5.00. The highest BCUT2D eigenvalue weighted by Gasteiger charge is 2.62. The summed E-state index contributed by atoms with van der Waals surface area (Å²) in [7, 11) is 0. The second-order valence-corrected chi connectivity index (χ2v) is 6.86. The lowest BCUT2D eigenvalue weighted by Crippen LogP contribution is -2.55. The number of alkyl halides is 3. The van der Waals surface area contributed by atoms with Crippen molar-refractivity contribution >= 4 is 5.97 Å².